The summed E-state index contributed by atoms with van der Waals surface area (Å²) in [6.07, 6.45) is 0. The van der Waals surface area contributed by atoms with Crippen LogP contribution in [0, 0.1) is 6.92 Å². The van der Waals surface area contributed by atoms with E-state index in [-0.39, 0.29) is 11.9 Å². The van der Waals surface area contributed by atoms with E-state index in [0.717, 1.165) is 16.6 Å². The minimum absolute atomic E-state index is 0.274. The van der Waals surface area contributed by atoms with Gasteiger partial charge in [-0.2, -0.15) is 0 Å². The number of nitrogens with zero attached hydrogens (tertiary/aromatic N) is 1. The fraction of sp³-hybridized carbons (Fsp3) is 0.238. The zero-order chi connectivity index (χ0) is 22.2. The molecular weight excluding hydrogens is 447 g/mol. The van der Waals surface area contributed by atoms with Gasteiger partial charge in [0.15, 0.2) is 0 Å². The lowest BCUT2D eigenvalue weighted by Gasteiger charge is -2.15. The Bertz CT molecular complexity index is 1170. The van der Waals surface area contributed by atoms with Gasteiger partial charge in [-0.1, -0.05) is 35.3 Å². The number of carbonyl (C=O) groups excluding carboxylic acids is 1. The van der Waals surface area contributed by atoms with Crippen molar-refractivity contribution >= 4 is 56.8 Å². The van der Waals surface area contributed by atoms with Crippen LogP contribution in [0.4, 0.5) is 0 Å². The van der Waals surface area contributed by atoms with E-state index in [9.17, 15) is 13.8 Å². The number of amides is 1. The van der Waals surface area contributed by atoms with E-state index in [1.165, 1.54) is 0 Å². The number of hydrogen-bond acceptors (Lipinski definition) is 3. The lowest BCUT2D eigenvalue weighted by Crippen LogP contribution is -2.28. The zero-order valence-electron chi connectivity index (χ0n) is 16.5. The molecule has 158 valence electrons. The standard InChI is InChI=1S/C21H20Cl2N2O4S/c1-11-8-16-15(20(23)19(11)22)9-17(25(16)3)21(28)24-12(2)13-4-6-14(7-5-13)30(29)10-18(26)27/h4-9,12H,10H2,1-3H3,(H,24,28)(H,26,27)/t12-,30?/m1/s1. The van der Waals surface area contributed by atoms with Crippen molar-refractivity contribution in [3.8, 4) is 0 Å². The van der Waals surface area contributed by atoms with Gasteiger partial charge in [-0.25, -0.2) is 0 Å². The van der Waals surface area contributed by atoms with Crippen molar-refractivity contribution in [1.82, 2.24) is 9.88 Å². The second-order valence-corrected chi connectivity index (χ2v) is 9.20. The largest absolute Gasteiger partial charge is 0.481 e. The molecule has 0 bridgehead atoms. The van der Waals surface area contributed by atoms with E-state index in [1.807, 2.05) is 19.9 Å². The Morgan fingerprint density at radius 1 is 1.17 bits per heavy atom. The minimum Gasteiger partial charge on any atom is -0.481 e. The van der Waals surface area contributed by atoms with Gasteiger partial charge in [0.1, 0.15) is 11.4 Å². The van der Waals surface area contributed by atoms with Gasteiger partial charge >= 0.3 is 5.97 Å². The number of aromatic nitrogens is 1. The van der Waals surface area contributed by atoms with Crippen LogP contribution in [0.15, 0.2) is 41.3 Å². The SMILES string of the molecule is Cc1cc2c(cc(C(=O)N[C@H](C)c3ccc(S(=O)CC(=O)O)cc3)n2C)c(Cl)c1Cl. The molecule has 0 aliphatic rings. The second-order valence-electron chi connectivity index (χ2n) is 6.99. The molecule has 1 unspecified atom stereocenters. The average molecular weight is 467 g/mol. The summed E-state index contributed by atoms with van der Waals surface area (Å²) >= 11 is 12.6. The highest BCUT2D eigenvalue weighted by molar-refractivity contribution is 7.85. The molecule has 1 amide bonds. The molecule has 0 saturated carbocycles. The maximum atomic E-state index is 12.9. The number of benzene rings is 2. The Balaban J connectivity index is 1.80. The molecule has 0 aliphatic carbocycles. The van der Waals surface area contributed by atoms with E-state index < -0.39 is 22.5 Å². The normalized spacial score (nSPS) is 13.2. The molecule has 2 N–H and O–H groups in total. The zero-order valence-corrected chi connectivity index (χ0v) is 18.9. The topological polar surface area (TPSA) is 88.4 Å². The Morgan fingerprint density at radius 3 is 2.40 bits per heavy atom. The second kappa shape index (κ2) is 8.79. The Labute approximate surface area is 186 Å². The molecule has 0 saturated heterocycles. The number of halogens is 2. The number of carboxylic acid groups (broad SMARTS) is 1. The maximum Gasteiger partial charge on any atom is 0.316 e. The fourth-order valence-electron chi connectivity index (χ4n) is 3.20. The molecule has 30 heavy (non-hydrogen) atoms. The van der Waals surface area contributed by atoms with Gasteiger partial charge in [0, 0.05) is 17.3 Å². The third kappa shape index (κ3) is 4.38. The highest BCUT2D eigenvalue weighted by atomic mass is 35.5. The summed E-state index contributed by atoms with van der Waals surface area (Å²) in [5, 5.41) is 13.3. The number of aliphatic carboxylic acids is 1. The average Bonchev–Trinajstić information content (AvgIpc) is 3.02. The number of aryl methyl sites for hydroxylation is 2. The number of hydrogen-bond donors (Lipinski definition) is 2. The summed E-state index contributed by atoms with van der Waals surface area (Å²) in [4.78, 5) is 24.0. The van der Waals surface area contributed by atoms with Crippen LogP contribution in [-0.2, 0) is 22.6 Å². The van der Waals surface area contributed by atoms with Crippen LogP contribution >= 0.6 is 23.2 Å². The van der Waals surface area contributed by atoms with E-state index in [4.69, 9.17) is 28.3 Å². The first-order chi connectivity index (χ1) is 14.1. The van der Waals surface area contributed by atoms with Crippen molar-refractivity contribution in [2.75, 3.05) is 5.75 Å². The highest BCUT2D eigenvalue weighted by Gasteiger charge is 2.19. The van der Waals surface area contributed by atoms with Crippen LogP contribution in [0.5, 0.6) is 0 Å². The van der Waals surface area contributed by atoms with Gasteiger partial charge in [0.2, 0.25) is 0 Å². The van der Waals surface area contributed by atoms with Gasteiger partial charge < -0.3 is 15.0 Å². The molecule has 1 heterocycles. The van der Waals surface area contributed by atoms with Crippen molar-refractivity contribution in [3.63, 3.8) is 0 Å². The fourth-order valence-corrected chi connectivity index (χ4v) is 4.49. The summed E-state index contributed by atoms with van der Waals surface area (Å²) in [6, 6.07) is 9.95. The number of carbonyl (C=O) groups is 2. The monoisotopic (exact) mass is 466 g/mol. The number of carboxylic acids is 1. The smallest absolute Gasteiger partial charge is 0.316 e. The molecule has 0 spiro atoms. The molecule has 2 aromatic carbocycles. The van der Waals surface area contributed by atoms with Crippen molar-refractivity contribution in [2.24, 2.45) is 7.05 Å². The number of nitrogens with one attached hydrogen (secondary N) is 1. The lowest BCUT2D eigenvalue weighted by atomic mass is 10.1. The summed E-state index contributed by atoms with van der Waals surface area (Å²) in [5.74, 6) is -1.84. The van der Waals surface area contributed by atoms with Crippen LogP contribution in [0.3, 0.4) is 0 Å². The quantitative estimate of drug-likeness (QED) is 0.560. The Hall–Kier alpha value is -2.35. The first-order valence-electron chi connectivity index (χ1n) is 9.05. The molecule has 2 atom stereocenters. The summed E-state index contributed by atoms with van der Waals surface area (Å²) in [5.41, 5.74) is 2.88. The molecule has 3 rings (SSSR count). The molecule has 0 radical (unpaired) electrons. The summed E-state index contributed by atoms with van der Waals surface area (Å²) in [7, 11) is 0.182. The third-order valence-electron chi connectivity index (χ3n) is 4.89. The molecule has 0 fully saturated rings. The molecule has 1 aromatic heterocycles. The molecular formula is C21H20Cl2N2O4S. The summed E-state index contributed by atoms with van der Waals surface area (Å²) < 4.78 is 13.7. The number of fused-ring (bicyclic) bond motifs is 1. The predicted molar refractivity (Wildman–Crippen MR) is 119 cm³/mol. The lowest BCUT2D eigenvalue weighted by molar-refractivity contribution is -0.133. The van der Waals surface area contributed by atoms with Crippen LogP contribution in [0.2, 0.25) is 10.0 Å². The van der Waals surface area contributed by atoms with Crippen molar-refractivity contribution in [3.05, 3.63) is 63.3 Å². The van der Waals surface area contributed by atoms with Crippen molar-refractivity contribution in [1.29, 1.82) is 0 Å². The van der Waals surface area contributed by atoms with Crippen LogP contribution in [0.1, 0.15) is 34.6 Å². The van der Waals surface area contributed by atoms with Gasteiger partial charge in [-0.05, 0) is 49.2 Å². The molecule has 3 aromatic rings. The van der Waals surface area contributed by atoms with E-state index >= 15 is 0 Å². The van der Waals surface area contributed by atoms with Gasteiger partial charge in [-0.15, -0.1) is 0 Å². The van der Waals surface area contributed by atoms with E-state index in [2.05, 4.69) is 5.32 Å². The van der Waals surface area contributed by atoms with Crippen LogP contribution < -0.4 is 5.32 Å². The maximum absolute atomic E-state index is 12.9. The van der Waals surface area contributed by atoms with Crippen molar-refractivity contribution < 1.29 is 18.9 Å². The Kier molecular flexibility index (Phi) is 6.55. The molecule has 0 aliphatic heterocycles. The third-order valence-corrected chi connectivity index (χ3v) is 7.17. The minimum atomic E-state index is -1.61. The number of rotatable bonds is 6. The van der Waals surface area contributed by atoms with E-state index in [0.29, 0.717) is 26.0 Å². The van der Waals surface area contributed by atoms with Crippen molar-refractivity contribution in [2.45, 2.75) is 24.8 Å². The predicted octanol–water partition coefficient (Wildman–Crippen LogP) is 4.48. The molecule has 6 nitrogen and oxygen atoms in total. The summed E-state index contributed by atoms with van der Waals surface area (Å²) in [6.45, 7) is 3.69. The van der Waals surface area contributed by atoms with Crippen LogP contribution in [-0.4, -0.2) is 31.5 Å². The molecule has 9 heteroatoms. The van der Waals surface area contributed by atoms with Gasteiger partial charge in [0.05, 0.1) is 32.4 Å². The van der Waals surface area contributed by atoms with Crippen LogP contribution in [0.25, 0.3) is 10.9 Å². The van der Waals surface area contributed by atoms with Gasteiger partial charge in [-0.3, -0.25) is 13.8 Å². The first-order valence-corrected chi connectivity index (χ1v) is 11.1. The first kappa shape index (κ1) is 22.3. The van der Waals surface area contributed by atoms with Gasteiger partial charge in [0.25, 0.3) is 5.91 Å². The Morgan fingerprint density at radius 2 is 1.80 bits per heavy atom. The van der Waals surface area contributed by atoms with E-state index in [1.54, 1.807) is 41.9 Å². The highest BCUT2D eigenvalue weighted by Crippen LogP contribution is 2.35.